The molecule has 0 aromatic carbocycles. The molecule has 1 aromatic heterocycles. The van der Waals surface area contributed by atoms with E-state index in [4.69, 9.17) is 0 Å². The molecule has 1 aromatic rings. The fourth-order valence-electron chi connectivity index (χ4n) is 3.66. The van der Waals surface area contributed by atoms with E-state index >= 15 is 0 Å². The van der Waals surface area contributed by atoms with Crippen molar-refractivity contribution >= 4 is 27.5 Å². The van der Waals surface area contributed by atoms with Crippen molar-refractivity contribution in [2.24, 2.45) is 0 Å². The van der Waals surface area contributed by atoms with Gasteiger partial charge in [-0.15, -0.1) is 10.2 Å². The van der Waals surface area contributed by atoms with Crippen molar-refractivity contribution in [1.29, 1.82) is 0 Å². The molecule has 3 aliphatic rings. The summed E-state index contributed by atoms with van der Waals surface area (Å²) in [4.78, 5) is 14.6. The Hall–Kier alpha value is -1.09. The van der Waals surface area contributed by atoms with E-state index in [-0.39, 0.29) is 23.5 Å². The van der Waals surface area contributed by atoms with Crippen LogP contribution in [0.3, 0.4) is 0 Å². The summed E-state index contributed by atoms with van der Waals surface area (Å²) in [5.74, 6) is 2.25. The van der Waals surface area contributed by atoms with Crippen molar-refractivity contribution in [3.05, 3.63) is 5.82 Å². The van der Waals surface area contributed by atoms with Gasteiger partial charge in [-0.2, -0.15) is 0 Å². The number of hydrogen-bond donors (Lipinski definition) is 0. The van der Waals surface area contributed by atoms with Gasteiger partial charge in [0, 0.05) is 24.5 Å². The standard InChI is InChI=1S/C17H26N4O3S2/c1-2-8-20(14-7-9-26(23,24)11-14)15(22)10-25-17-19-18-16(12-3-4-12)21(17)13-5-6-13/h12-14H,2-11H2,1H3/t14-/m0/s1. The van der Waals surface area contributed by atoms with E-state index < -0.39 is 9.84 Å². The van der Waals surface area contributed by atoms with Gasteiger partial charge in [0.05, 0.1) is 17.3 Å². The summed E-state index contributed by atoms with van der Waals surface area (Å²) in [6.07, 6.45) is 6.10. The third-order valence-electron chi connectivity index (χ3n) is 5.30. The molecule has 4 rings (SSSR count). The molecular formula is C17H26N4O3S2. The Balaban J connectivity index is 1.42. The van der Waals surface area contributed by atoms with E-state index in [0.717, 1.165) is 17.4 Å². The number of carbonyl (C=O) groups is 1. The molecule has 26 heavy (non-hydrogen) atoms. The number of amides is 1. The molecule has 0 bridgehead atoms. The van der Waals surface area contributed by atoms with Crippen LogP contribution in [0.2, 0.25) is 0 Å². The second kappa shape index (κ2) is 7.14. The lowest BCUT2D eigenvalue weighted by Gasteiger charge is -2.27. The average Bonchev–Trinajstić information content (AvgIpc) is 3.53. The van der Waals surface area contributed by atoms with Gasteiger partial charge in [-0.05, 0) is 38.5 Å². The van der Waals surface area contributed by atoms with Gasteiger partial charge in [0.15, 0.2) is 15.0 Å². The summed E-state index contributed by atoms with van der Waals surface area (Å²) >= 11 is 1.45. The van der Waals surface area contributed by atoms with Gasteiger partial charge < -0.3 is 9.47 Å². The van der Waals surface area contributed by atoms with Gasteiger partial charge in [-0.3, -0.25) is 4.79 Å². The Morgan fingerprint density at radius 2 is 2.00 bits per heavy atom. The third kappa shape index (κ3) is 3.93. The molecule has 0 radical (unpaired) electrons. The van der Waals surface area contributed by atoms with Crippen LogP contribution in [0.15, 0.2) is 5.16 Å². The number of rotatable bonds is 8. The van der Waals surface area contributed by atoms with Crippen LogP contribution in [0, 0.1) is 0 Å². The highest BCUT2D eigenvalue weighted by Crippen LogP contribution is 2.46. The van der Waals surface area contributed by atoms with Crippen molar-refractivity contribution in [2.45, 2.75) is 68.6 Å². The average molecular weight is 399 g/mol. The quantitative estimate of drug-likeness (QED) is 0.623. The Morgan fingerprint density at radius 1 is 1.23 bits per heavy atom. The second-order valence-electron chi connectivity index (χ2n) is 7.65. The smallest absolute Gasteiger partial charge is 0.233 e. The molecule has 1 saturated heterocycles. The van der Waals surface area contributed by atoms with Gasteiger partial charge in [-0.1, -0.05) is 18.7 Å². The van der Waals surface area contributed by atoms with Crippen molar-refractivity contribution in [1.82, 2.24) is 19.7 Å². The molecule has 1 amide bonds. The van der Waals surface area contributed by atoms with E-state index in [2.05, 4.69) is 14.8 Å². The number of carbonyl (C=O) groups excluding carboxylic acids is 1. The minimum absolute atomic E-state index is 0.0114. The number of nitrogens with zero attached hydrogens (tertiary/aromatic N) is 4. The predicted octanol–water partition coefficient (Wildman–Crippen LogP) is 2.01. The van der Waals surface area contributed by atoms with Gasteiger partial charge in [0.25, 0.3) is 0 Å². The summed E-state index contributed by atoms with van der Waals surface area (Å²) in [7, 11) is -3.00. The Bertz CT molecular complexity index is 784. The van der Waals surface area contributed by atoms with E-state index in [9.17, 15) is 13.2 Å². The Morgan fingerprint density at radius 3 is 2.58 bits per heavy atom. The van der Waals surface area contributed by atoms with Crippen LogP contribution < -0.4 is 0 Å². The van der Waals surface area contributed by atoms with Crippen LogP contribution in [0.1, 0.15) is 63.2 Å². The summed E-state index contributed by atoms with van der Waals surface area (Å²) in [6, 6.07) is 0.335. The van der Waals surface area contributed by atoms with E-state index in [1.807, 2.05) is 6.92 Å². The topological polar surface area (TPSA) is 85.2 Å². The molecule has 2 saturated carbocycles. The van der Waals surface area contributed by atoms with Crippen LogP contribution in [0.25, 0.3) is 0 Å². The molecule has 2 heterocycles. The first-order chi connectivity index (χ1) is 12.5. The first kappa shape index (κ1) is 18.3. The summed E-state index contributed by atoms with van der Waals surface area (Å²) in [5.41, 5.74) is 0. The molecule has 0 unspecified atom stereocenters. The predicted molar refractivity (Wildman–Crippen MR) is 100 cm³/mol. The molecular weight excluding hydrogens is 372 g/mol. The second-order valence-corrected chi connectivity index (χ2v) is 10.8. The lowest BCUT2D eigenvalue weighted by atomic mass is 10.2. The molecule has 0 spiro atoms. The minimum atomic E-state index is -3.00. The van der Waals surface area contributed by atoms with E-state index in [0.29, 0.717) is 30.7 Å². The highest BCUT2D eigenvalue weighted by Gasteiger charge is 2.37. The first-order valence-electron chi connectivity index (χ1n) is 9.56. The lowest BCUT2D eigenvalue weighted by Crippen LogP contribution is -2.42. The van der Waals surface area contributed by atoms with Gasteiger partial charge in [-0.25, -0.2) is 8.42 Å². The van der Waals surface area contributed by atoms with E-state index in [1.54, 1.807) is 4.90 Å². The minimum Gasteiger partial charge on any atom is -0.338 e. The van der Waals surface area contributed by atoms with Crippen LogP contribution in [0.5, 0.6) is 0 Å². The lowest BCUT2D eigenvalue weighted by molar-refractivity contribution is -0.130. The van der Waals surface area contributed by atoms with Crippen LogP contribution in [-0.4, -0.2) is 63.8 Å². The Kier molecular flexibility index (Phi) is 5.02. The van der Waals surface area contributed by atoms with Gasteiger partial charge >= 0.3 is 0 Å². The highest BCUT2D eigenvalue weighted by molar-refractivity contribution is 7.99. The Labute approximate surface area is 158 Å². The number of aromatic nitrogens is 3. The maximum Gasteiger partial charge on any atom is 0.233 e. The van der Waals surface area contributed by atoms with Gasteiger partial charge in [0.2, 0.25) is 5.91 Å². The third-order valence-corrected chi connectivity index (χ3v) is 7.98. The largest absolute Gasteiger partial charge is 0.338 e. The SMILES string of the molecule is CCCN(C(=O)CSc1nnc(C2CC2)n1C1CC1)[C@H]1CCS(=O)(=O)C1. The summed E-state index contributed by atoms with van der Waals surface area (Å²) in [5, 5.41) is 9.57. The maximum absolute atomic E-state index is 12.8. The zero-order valence-corrected chi connectivity index (χ0v) is 16.8. The van der Waals surface area contributed by atoms with Crippen LogP contribution >= 0.6 is 11.8 Å². The monoisotopic (exact) mass is 398 g/mol. The number of hydrogen-bond acceptors (Lipinski definition) is 6. The fraction of sp³-hybridized carbons (Fsp3) is 0.824. The first-order valence-corrected chi connectivity index (χ1v) is 12.4. The van der Waals surface area contributed by atoms with Crippen molar-refractivity contribution < 1.29 is 13.2 Å². The zero-order chi connectivity index (χ0) is 18.3. The highest BCUT2D eigenvalue weighted by atomic mass is 32.2. The maximum atomic E-state index is 12.8. The molecule has 3 fully saturated rings. The number of sulfone groups is 1. The molecule has 2 aliphatic carbocycles. The molecule has 9 heteroatoms. The van der Waals surface area contributed by atoms with E-state index in [1.165, 1.54) is 37.4 Å². The van der Waals surface area contributed by atoms with Crippen LogP contribution in [-0.2, 0) is 14.6 Å². The van der Waals surface area contributed by atoms with Crippen molar-refractivity contribution in [3.63, 3.8) is 0 Å². The van der Waals surface area contributed by atoms with Crippen LogP contribution in [0.4, 0.5) is 0 Å². The zero-order valence-electron chi connectivity index (χ0n) is 15.1. The normalized spacial score (nSPS) is 24.7. The molecule has 1 aliphatic heterocycles. The molecule has 0 N–H and O–H groups in total. The van der Waals surface area contributed by atoms with Gasteiger partial charge in [0.1, 0.15) is 5.82 Å². The summed E-state index contributed by atoms with van der Waals surface area (Å²) < 4.78 is 25.8. The molecule has 7 nitrogen and oxygen atoms in total. The summed E-state index contributed by atoms with van der Waals surface area (Å²) in [6.45, 7) is 2.63. The molecule has 144 valence electrons. The number of thioether (sulfide) groups is 1. The fourth-order valence-corrected chi connectivity index (χ4v) is 6.29. The van der Waals surface area contributed by atoms with Crippen molar-refractivity contribution in [2.75, 3.05) is 23.8 Å². The van der Waals surface area contributed by atoms with Crippen molar-refractivity contribution in [3.8, 4) is 0 Å². The molecule has 1 atom stereocenters.